The predicted octanol–water partition coefficient (Wildman–Crippen LogP) is 4.82. The molecule has 4 aromatic rings. The first-order chi connectivity index (χ1) is 16.7. The number of anilines is 4. The number of thiazole rings is 1. The van der Waals surface area contributed by atoms with E-state index in [1.807, 2.05) is 25.1 Å². The lowest BCUT2D eigenvalue weighted by Gasteiger charge is -2.18. The molecule has 182 valence electrons. The van der Waals surface area contributed by atoms with E-state index in [-0.39, 0.29) is 22.2 Å². The molecule has 0 spiro atoms. The van der Waals surface area contributed by atoms with E-state index in [0.717, 1.165) is 15.8 Å². The van der Waals surface area contributed by atoms with E-state index >= 15 is 0 Å². The summed E-state index contributed by atoms with van der Waals surface area (Å²) < 4.78 is 27.7. The number of sulfonamides is 1. The lowest BCUT2D eigenvalue weighted by atomic mass is 10.2. The quantitative estimate of drug-likeness (QED) is 0.238. The van der Waals surface area contributed by atoms with Crippen molar-refractivity contribution >= 4 is 59.7 Å². The Balaban J connectivity index is 1.63. The Bertz CT molecular complexity index is 1480. The SMILES string of the molecule is CCN(CC)S(=O)(=O)c1ccc(Nc2ncnc(Nc3nc4c(C)cccc4s3)c2[N+](=O)[O-])cc1. The van der Waals surface area contributed by atoms with Crippen LogP contribution in [0, 0.1) is 17.0 Å². The summed E-state index contributed by atoms with van der Waals surface area (Å²) in [7, 11) is -3.61. The molecule has 13 heteroatoms. The zero-order valence-electron chi connectivity index (χ0n) is 19.2. The molecule has 0 aliphatic carbocycles. The molecule has 4 rings (SSSR count). The molecule has 2 aromatic heterocycles. The van der Waals surface area contributed by atoms with E-state index in [0.29, 0.717) is 23.9 Å². The van der Waals surface area contributed by atoms with E-state index < -0.39 is 14.9 Å². The lowest BCUT2D eigenvalue weighted by molar-refractivity contribution is -0.383. The molecule has 0 atom stereocenters. The molecule has 0 saturated heterocycles. The van der Waals surface area contributed by atoms with Crippen LogP contribution in [0.5, 0.6) is 0 Å². The maximum Gasteiger partial charge on any atom is 0.353 e. The maximum atomic E-state index is 12.7. The summed E-state index contributed by atoms with van der Waals surface area (Å²) in [6.45, 7) is 6.20. The van der Waals surface area contributed by atoms with E-state index in [1.54, 1.807) is 13.8 Å². The van der Waals surface area contributed by atoms with Gasteiger partial charge < -0.3 is 10.6 Å². The highest BCUT2D eigenvalue weighted by Crippen LogP contribution is 2.36. The Labute approximate surface area is 206 Å². The van der Waals surface area contributed by atoms with Crippen molar-refractivity contribution < 1.29 is 13.3 Å². The summed E-state index contributed by atoms with van der Waals surface area (Å²) in [5.41, 5.74) is 1.89. The Hall–Kier alpha value is -3.68. The number of nitro groups is 1. The average molecular weight is 514 g/mol. The molecular weight excluding hydrogens is 490 g/mol. The molecule has 0 aliphatic rings. The fourth-order valence-electron chi connectivity index (χ4n) is 3.54. The van der Waals surface area contributed by atoms with E-state index in [1.165, 1.54) is 46.2 Å². The highest BCUT2D eigenvalue weighted by atomic mass is 32.2. The molecule has 2 aromatic carbocycles. The molecule has 0 amide bonds. The minimum atomic E-state index is -3.61. The Morgan fingerprint density at radius 2 is 1.69 bits per heavy atom. The monoisotopic (exact) mass is 513 g/mol. The van der Waals surface area contributed by atoms with Gasteiger partial charge in [0.2, 0.25) is 21.7 Å². The van der Waals surface area contributed by atoms with Crippen molar-refractivity contribution in [3.63, 3.8) is 0 Å². The number of hydrogen-bond donors (Lipinski definition) is 2. The summed E-state index contributed by atoms with van der Waals surface area (Å²) in [5.74, 6) is -0.0471. The predicted molar refractivity (Wildman–Crippen MR) is 136 cm³/mol. The smallest absolute Gasteiger partial charge is 0.334 e. The zero-order valence-corrected chi connectivity index (χ0v) is 20.9. The van der Waals surface area contributed by atoms with Gasteiger partial charge in [-0.25, -0.2) is 23.4 Å². The van der Waals surface area contributed by atoms with Crippen LogP contribution in [0.3, 0.4) is 0 Å². The first-order valence-corrected chi connectivity index (χ1v) is 13.0. The third-order valence-electron chi connectivity index (χ3n) is 5.31. The highest BCUT2D eigenvalue weighted by molar-refractivity contribution is 7.89. The molecule has 0 saturated carbocycles. The minimum absolute atomic E-state index is 0.00931. The lowest BCUT2D eigenvalue weighted by Crippen LogP contribution is -2.30. The molecule has 0 aliphatic heterocycles. The van der Waals surface area contributed by atoms with Crippen molar-refractivity contribution in [2.45, 2.75) is 25.7 Å². The van der Waals surface area contributed by atoms with Gasteiger partial charge in [0, 0.05) is 18.8 Å². The van der Waals surface area contributed by atoms with Crippen LogP contribution in [-0.4, -0.2) is 45.7 Å². The van der Waals surface area contributed by atoms with Crippen LogP contribution in [-0.2, 0) is 10.0 Å². The summed E-state index contributed by atoms with van der Waals surface area (Å²) in [6, 6.07) is 11.8. The number of hydrogen-bond acceptors (Lipinski definition) is 10. The van der Waals surface area contributed by atoms with Gasteiger partial charge in [-0.2, -0.15) is 4.31 Å². The molecule has 35 heavy (non-hydrogen) atoms. The Kier molecular flexibility index (Phi) is 6.91. The van der Waals surface area contributed by atoms with E-state index in [4.69, 9.17) is 0 Å². The van der Waals surface area contributed by atoms with Crippen LogP contribution in [0.2, 0.25) is 0 Å². The number of aromatic nitrogens is 3. The third-order valence-corrected chi connectivity index (χ3v) is 8.31. The number of aryl methyl sites for hydroxylation is 1. The molecule has 11 nitrogen and oxygen atoms in total. The second-order valence-electron chi connectivity index (χ2n) is 7.48. The second-order valence-corrected chi connectivity index (χ2v) is 10.4. The van der Waals surface area contributed by atoms with Gasteiger partial charge in [-0.05, 0) is 42.8 Å². The number of rotatable bonds is 9. The van der Waals surface area contributed by atoms with Crippen LogP contribution < -0.4 is 10.6 Å². The van der Waals surface area contributed by atoms with Crippen LogP contribution in [0.4, 0.5) is 28.1 Å². The van der Waals surface area contributed by atoms with Gasteiger partial charge in [0.05, 0.1) is 20.0 Å². The Morgan fingerprint density at radius 3 is 2.29 bits per heavy atom. The van der Waals surface area contributed by atoms with Gasteiger partial charge in [0.1, 0.15) is 6.33 Å². The van der Waals surface area contributed by atoms with Gasteiger partial charge in [-0.1, -0.05) is 37.3 Å². The van der Waals surface area contributed by atoms with Crippen molar-refractivity contribution in [1.29, 1.82) is 0 Å². The molecule has 0 radical (unpaired) electrons. The number of benzene rings is 2. The van der Waals surface area contributed by atoms with Crippen molar-refractivity contribution in [2.75, 3.05) is 23.7 Å². The minimum Gasteiger partial charge on any atom is -0.334 e. The van der Waals surface area contributed by atoms with Crippen molar-refractivity contribution in [1.82, 2.24) is 19.3 Å². The topological polar surface area (TPSA) is 143 Å². The fourth-order valence-corrected chi connectivity index (χ4v) is 5.94. The molecule has 0 unspecified atom stereocenters. The van der Waals surface area contributed by atoms with Gasteiger partial charge in [-0.15, -0.1) is 0 Å². The summed E-state index contributed by atoms with van der Waals surface area (Å²) in [6.07, 6.45) is 1.20. The van der Waals surface area contributed by atoms with E-state index in [2.05, 4.69) is 25.6 Å². The summed E-state index contributed by atoms with van der Waals surface area (Å²) in [5, 5.41) is 18.2. The normalized spacial score (nSPS) is 11.7. The van der Waals surface area contributed by atoms with Gasteiger partial charge in [0.25, 0.3) is 0 Å². The Morgan fingerprint density at radius 1 is 1.03 bits per heavy atom. The number of fused-ring (bicyclic) bond motifs is 1. The summed E-state index contributed by atoms with van der Waals surface area (Å²) >= 11 is 1.36. The number of nitrogens with zero attached hydrogens (tertiary/aromatic N) is 5. The van der Waals surface area contributed by atoms with Gasteiger partial charge in [-0.3, -0.25) is 10.1 Å². The first kappa shape index (κ1) is 24.4. The standard InChI is InChI=1S/C22H23N7O4S2/c1-4-28(5-2)35(32,33)16-11-9-15(10-12-16)25-20-19(29(30)31)21(24-13-23-20)27-22-26-18-14(3)7-6-8-17(18)34-22/h6-13H,4-5H2,1-3H3,(H2,23,24,25,26,27). The number of nitrogens with one attached hydrogen (secondary N) is 2. The third kappa shape index (κ3) is 4.92. The van der Waals surface area contributed by atoms with Crippen LogP contribution in [0.1, 0.15) is 19.4 Å². The molecular formula is C22H23N7O4S2. The van der Waals surface area contributed by atoms with Gasteiger partial charge in [0.15, 0.2) is 5.13 Å². The summed E-state index contributed by atoms with van der Waals surface area (Å²) in [4.78, 5) is 24.1. The molecule has 2 heterocycles. The van der Waals surface area contributed by atoms with E-state index in [9.17, 15) is 18.5 Å². The van der Waals surface area contributed by atoms with Crippen molar-refractivity contribution in [2.24, 2.45) is 0 Å². The maximum absolute atomic E-state index is 12.7. The fraction of sp³-hybridized carbons (Fsp3) is 0.227. The first-order valence-electron chi connectivity index (χ1n) is 10.7. The van der Waals surface area contributed by atoms with Crippen LogP contribution in [0.25, 0.3) is 10.2 Å². The molecule has 0 bridgehead atoms. The largest absolute Gasteiger partial charge is 0.353 e. The number of para-hydroxylation sites is 1. The average Bonchev–Trinajstić information content (AvgIpc) is 3.24. The van der Waals surface area contributed by atoms with Crippen LogP contribution in [0.15, 0.2) is 53.7 Å². The molecule has 2 N–H and O–H groups in total. The highest BCUT2D eigenvalue weighted by Gasteiger charge is 2.25. The molecule has 0 fully saturated rings. The van der Waals surface area contributed by atoms with Crippen molar-refractivity contribution in [3.8, 4) is 0 Å². The van der Waals surface area contributed by atoms with Crippen molar-refractivity contribution in [3.05, 3.63) is 64.5 Å². The van der Waals surface area contributed by atoms with Gasteiger partial charge >= 0.3 is 5.69 Å². The zero-order chi connectivity index (χ0) is 25.2. The second kappa shape index (κ2) is 9.90. The van der Waals surface area contributed by atoms with Crippen LogP contribution >= 0.6 is 11.3 Å².